The predicted molar refractivity (Wildman–Crippen MR) is 52.2 cm³/mol. The molecule has 0 fully saturated rings. The lowest BCUT2D eigenvalue weighted by atomic mass is 10.1. The van der Waals surface area contributed by atoms with Crippen LogP contribution >= 0.6 is 0 Å². The first-order chi connectivity index (χ1) is 6.81. The Labute approximate surface area is 82.6 Å². The molecule has 4 nitrogen and oxygen atoms in total. The normalized spacial score (nSPS) is 9.86. The Bertz CT molecular complexity index is 312. The van der Waals surface area contributed by atoms with Crippen LogP contribution in [0.2, 0.25) is 0 Å². The van der Waals surface area contributed by atoms with Crippen molar-refractivity contribution < 1.29 is 14.4 Å². The molecule has 76 valence electrons. The fraction of sp³-hybridized carbons (Fsp3) is 0.300. The molecule has 0 unspecified atom stereocenters. The molecule has 1 aromatic rings. The zero-order valence-electron chi connectivity index (χ0n) is 8.03. The van der Waals surface area contributed by atoms with Crippen molar-refractivity contribution in [2.45, 2.75) is 6.42 Å². The molecule has 1 rings (SSSR count). The van der Waals surface area contributed by atoms with Gasteiger partial charge in [0.2, 0.25) is 0 Å². The van der Waals surface area contributed by atoms with Crippen molar-refractivity contribution in [1.29, 1.82) is 0 Å². The number of hydrogen-bond donors (Lipinski definition) is 1. The molecule has 1 aromatic carbocycles. The summed E-state index contributed by atoms with van der Waals surface area (Å²) in [7, 11) is 1.64. The molecule has 0 aliphatic rings. The van der Waals surface area contributed by atoms with Gasteiger partial charge in [-0.25, -0.2) is 0 Å². The zero-order chi connectivity index (χ0) is 10.4. The van der Waals surface area contributed by atoms with Crippen LogP contribution in [0.25, 0.3) is 0 Å². The average Bonchev–Trinajstić information content (AvgIpc) is 2.25. The molecular weight excluding hydrogens is 182 g/mol. The summed E-state index contributed by atoms with van der Waals surface area (Å²) in [6.07, 6.45) is 1.48. The van der Waals surface area contributed by atoms with Crippen LogP contribution in [0.1, 0.15) is 15.9 Å². The Balaban J connectivity index is 2.84. The summed E-state index contributed by atoms with van der Waals surface area (Å²) in [4.78, 5) is 15.1. The minimum absolute atomic E-state index is 0.397. The SMILES string of the molecule is COCCc1ccc(C=O)c(ON)c1. The molecule has 14 heavy (non-hydrogen) atoms. The second kappa shape index (κ2) is 5.36. The van der Waals surface area contributed by atoms with Crippen molar-refractivity contribution in [3.8, 4) is 5.75 Å². The number of nitrogens with two attached hydrogens (primary N) is 1. The van der Waals surface area contributed by atoms with E-state index < -0.39 is 0 Å². The molecule has 0 aromatic heterocycles. The average molecular weight is 195 g/mol. The third-order valence-electron chi connectivity index (χ3n) is 1.93. The van der Waals surface area contributed by atoms with E-state index in [1.165, 1.54) is 0 Å². The highest BCUT2D eigenvalue weighted by atomic mass is 16.6. The number of carbonyl (C=O) groups excluding carboxylic acids is 1. The lowest BCUT2D eigenvalue weighted by molar-refractivity contribution is 0.111. The Morgan fingerprint density at radius 1 is 1.50 bits per heavy atom. The van der Waals surface area contributed by atoms with Crippen molar-refractivity contribution in [1.82, 2.24) is 0 Å². The van der Waals surface area contributed by atoms with Gasteiger partial charge in [0.05, 0.1) is 12.2 Å². The first-order valence-electron chi connectivity index (χ1n) is 4.25. The van der Waals surface area contributed by atoms with Gasteiger partial charge in [0, 0.05) is 7.11 Å². The Kier molecular flexibility index (Phi) is 4.10. The summed E-state index contributed by atoms with van der Waals surface area (Å²) in [5, 5.41) is 0. The lowest BCUT2D eigenvalue weighted by Gasteiger charge is -2.05. The van der Waals surface area contributed by atoms with Gasteiger partial charge in [-0.05, 0) is 24.1 Å². The van der Waals surface area contributed by atoms with Gasteiger partial charge in [-0.2, -0.15) is 5.90 Å². The fourth-order valence-corrected chi connectivity index (χ4v) is 1.15. The number of ether oxygens (including phenoxy) is 1. The largest absolute Gasteiger partial charge is 0.411 e. The molecule has 0 saturated carbocycles. The molecule has 0 atom stereocenters. The standard InChI is InChI=1S/C10H13NO3/c1-13-5-4-8-2-3-9(7-12)10(6-8)14-11/h2-3,6-7H,4-5,11H2,1H3. The zero-order valence-corrected chi connectivity index (χ0v) is 8.03. The minimum atomic E-state index is 0.397. The highest BCUT2D eigenvalue weighted by Crippen LogP contribution is 2.17. The number of rotatable bonds is 5. The van der Waals surface area contributed by atoms with E-state index in [0.717, 1.165) is 12.0 Å². The first kappa shape index (κ1) is 10.7. The second-order valence-electron chi connectivity index (χ2n) is 2.85. The third kappa shape index (κ3) is 2.55. The number of carbonyl (C=O) groups is 1. The summed E-state index contributed by atoms with van der Waals surface area (Å²) >= 11 is 0. The van der Waals surface area contributed by atoms with Crippen LogP contribution in [0, 0.1) is 0 Å². The fourth-order valence-electron chi connectivity index (χ4n) is 1.15. The van der Waals surface area contributed by atoms with Crippen molar-refractivity contribution in [2.75, 3.05) is 13.7 Å². The quantitative estimate of drug-likeness (QED) is 0.561. The molecule has 0 saturated heterocycles. The van der Waals surface area contributed by atoms with Crippen LogP contribution in [0.3, 0.4) is 0 Å². The van der Waals surface area contributed by atoms with Gasteiger partial charge < -0.3 is 9.57 Å². The van der Waals surface area contributed by atoms with Crippen molar-refractivity contribution in [3.05, 3.63) is 29.3 Å². The van der Waals surface area contributed by atoms with E-state index >= 15 is 0 Å². The Hall–Kier alpha value is -1.39. The van der Waals surface area contributed by atoms with Crippen LogP contribution in [0.5, 0.6) is 5.75 Å². The third-order valence-corrected chi connectivity index (χ3v) is 1.93. The van der Waals surface area contributed by atoms with Crippen LogP contribution in [0.15, 0.2) is 18.2 Å². The van der Waals surface area contributed by atoms with Gasteiger partial charge in [0.1, 0.15) is 0 Å². The smallest absolute Gasteiger partial charge is 0.157 e. The summed E-state index contributed by atoms with van der Waals surface area (Å²) in [5.41, 5.74) is 1.48. The lowest BCUT2D eigenvalue weighted by Crippen LogP contribution is -2.05. The van der Waals surface area contributed by atoms with Crippen molar-refractivity contribution in [3.63, 3.8) is 0 Å². The van der Waals surface area contributed by atoms with Gasteiger partial charge in [0.15, 0.2) is 12.0 Å². The van der Waals surface area contributed by atoms with Crippen LogP contribution in [0.4, 0.5) is 0 Å². The number of methoxy groups -OCH3 is 1. The van der Waals surface area contributed by atoms with E-state index in [9.17, 15) is 4.79 Å². The number of hydrogen-bond acceptors (Lipinski definition) is 4. The molecular formula is C10H13NO3. The number of benzene rings is 1. The van der Waals surface area contributed by atoms with Gasteiger partial charge in [0.25, 0.3) is 0 Å². The highest BCUT2D eigenvalue weighted by molar-refractivity contribution is 5.79. The maximum Gasteiger partial charge on any atom is 0.157 e. The minimum Gasteiger partial charge on any atom is -0.411 e. The molecule has 4 heteroatoms. The maximum atomic E-state index is 10.6. The molecule has 0 radical (unpaired) electrons. The van der Waals surface area contributed by atoms with E-state index in [2.05, 4.69) is 4.84 Å². The molecule has 0 amide bonds. The summed E-state index contributed by atoms with van der Waals surface area (Å²) < 4.78 is 4.93. The second-order valence-corrected chi connectivity index (χ2v) is 2.85. The molecule has 0 aliphatic heterocycles. The Morgan fingerprint density at radius 3 is 2.86 bits per heavy atom. The van der Waals surface area contributed by atoms with Crippen LogP contribution in [-0.4, -0.2) is 20.0 Å². The topological polar surface area (TPSA) is 61.5 Å². The molecule has 0 bridgehead atoms. The van der Waals surface area contributed by atoms with Gasteiger partial charge in [-0.1, -0.05) is 6.07 Å². The molecule has 0 spiro atoms. The van der Waals surface area contributed by atoms with Gasteiger partial charge >= 0.3 is 0 Å². The van der Waals surface area contributed by atoms with Gasteiger partial charge in [-0.15, -0.1) is 0 Å². The van der Waals surface area contributed by atoms with E-state index in [-0.39, 0.29) is 0 Å². The van der Waals surface area contributed by atoms with E-state index in [0.29, 0.717) is 24.2 Å². The molecule has 2 N–H and O–H groups in total. The van der Waals surface area contributed by atoms with Crippen molar-refractivity contribution in [2.24, 2.45) is 5.90 Å². The van der Waals surface area contributed by atoms with Crippen molar-refractivity contribution >= 4 is 6.29 Å². The molecule has 0 aliphatic carbocycles. The van der Waals surface area contributed by atoms with E-state index in [1.807, 2.05) is 6.07 Å². The molecule has 0 heterocycles. The summed E-state index contributed by atoms with van der Waals surface area (Å²) in [5.74, 6) is 5.43. The monoisotopic (exact) mass is 195 g/mol. The van der Waals surface area contributed by atoms with Crippen LogP contribution in [-0.2, 0) is 11.2 Å². The van der Waals surface area contributed by atoms with Gasteiger partial charge in [-0.3, -0.25) is 4.79 Å². The summed E-state index contributed by atoms with van der Waals surface area (Å²) in [6, 6.07) is 5.27. The number of aldehydes is 1. The Morgan fingerprint density at radius 2 is 2.29 bits per heavy atom. The first-order valence-corrected chi connectivity index (χ1v) is 4.25. The maximum absolute atomic E-state index is 10.6. The van der Waals surface area contributed by atoms with E-state index in [1.54, 1.807) is 19.2 Å². The highest BCUT2D eigenvalue weighted by Gasteiger charge is 2.03. The van der Waals surface area contributed by atoms with Crippen LogP contribution < -0.4 is 10.7 Å². The predicted octanol–water partition coefficient (Wildman–Crippen LogP) is 0.941. The van der Waals surface area contributed by atoms with E-state index in [4.69, 9.17) is 10.6 Å². The summed E-state index contributed by atoms with van der Waals surface area (Å²) in [6.45, 7) is 0.629.